The van der Waals surface area contributed by atoms with Crippen molar-refractivity contribution >= 4 is 29.2 Å². The van der Waals surface area contributed by atoms with Gasteiger partial charge in [0.2, 0.25) is 5.91 Å². The molecule has 0 spiro atoms. The van der Waals surface area contributed by atoms with Crippen molar-refractivity contribution in [2.45, 2.75) is 32.2 Å². The Balaban J connectivity index is 1.21. The second kappa shape index (κ2) is 9.66. The Bertz CT molecular complexity index is 885. The third-order valence-corrected chi connectivity index (χ3v) is 6.09. The predicted octanol–water partition coefficient (Wildman–Crippen LogP) is 2.22. The molecule has 1 N–H and O–H groups in total. The van der Waals surface area contributed by atoms with Crippen LogP contribution in [0.25, 0.3) is 5.65 Å². The number of pyridine rings is 1. The first-order valence-corrected chi connectivity index (χ1v) is 11.1. The molecular weight excluding hydrogens is 404 g/mol. The van der Waals surface area contributed by atoms with E-state index in [2.05, 4.69) is 15.2 Å². The van der Waals surface area contributed by atoms with Gasteiger partial charge in [-0.15, -0.1) is 0 Å². The van der Waals surface area contributed by atoms with E-state index >= 15 is 0 Å². The number of hydrogen-bond acceptors (Lipinski definition) is 4. The molecule has 0 unspecified atom stereocenters. The van der Waals surface area contributed by atoms with Gasteiger partial charge < -0.3 is 19.5 Å². The molecule has 2 saturated heterocycles. The number of aromatic nitrogens is 2. The number of nitrogens with zero attached hydrogens (tertiary/aromatic N) is 5. The molecule has 2 aliphatic heterocycles. The van der Waals surface area contributed by atoms with Gasteiger partial charge >= 0.3 is 6.03 Å². The Kier molecular flexibility index (Phi) is 6.74. The van der Waals surface area contributed by atoms with E-state index in [-0.39, 0.29) is 11.9 Å². The van der Waals surface area contributed by atoms with E-state index in [0.29, 0.717) is 31.2 Å². The smallest absolute Gasteiger partial charge is 0.317 e. The molecule has 2 aromatic heterocycles. The average Bonchev–Trinajstić information content (AvgIpc) is 2.95. The number of carbonyl (C=O) groups is 2. The Morgan fingerprint density at radius 2 is 1.67 bits per heavy atom. The lowest BCUT2D eigenvalue weighted by atomic mass is 10.2. The maximum Gasteiger partial charge on any atom is 0.317 e. The van der Waals surface area contributed by atoms with Crippen LogP contribution in [0.3, 0.4) is 0 Å². The van der Waals surface area contributed by atoms with Crippen molar-refractivity contribution in [2.75, 3.05) is 45.8 Å². The third kappa shape index (κ3) is 5.23. The summed E-state index contributed by atoms with van der Waals surface area (Å²) in [6.45, 7) is 5.29. The van der Waals surface area contributed by atoms with Crippen LogP contribution in [-0.4, -0.2) is 81.8 Å². The lowest BCUT2D eigenvalue weighted by Crippen LogP contribution is -2.53. The van der Waals surface area contributed by atoms with Gasteiger partial charge in [-0.25, -0.2) is 9.78 Å². The summed E-state index contributed by atoms with van der Waals surface area (Å²) in [7, 11) is 0. The van der Waals surface area contributed by atoms with E-state index in [0.717, 1.165) is 50.4 Å². The zero-order valence-corrected chi connectivity index (χ0v) is 18.0. The van der Waals surface area contributed by atoms with Gasteiger partial charge in [-0.3, -0.25) is 9.69 Å². The Hall–Kier alpha value is -2.32. The van der Waals surface area contributed by atoms with Crippen molar-refractivity contribution in [3.63, 3.8) is 0 Å². The minimum absolute atomic E-state index is 0.0939. The van der Waals surface area contributed by atoms with Crippen molar-refractivity contribution < 1.29 is 9.59 Å². The molecule has 2 aromatic rings. The highest BCUT2D eigenvalue weighted by atomic mass is 35.5. The number of carbonyl (C=O) groups excluding carboxylic acids is 2. The number of rotatable bonds is 4. The normalized spacial score (nSPS) is 18.4. The number of amides is 3. The van der Waals surface area contributed by atoms with Crippen LogP contribution in [0.4, 0.5) is 4.79 Å². The van der Waals surface area contributed by atoms with Gasteiger partial charge in [0.05, 0.1) is 23.8 Å². The van der Waals surface area contributed by atoms with Crippen LogP contribution >= 0.6 is 11.6 Å². The number of urea groups is 1. The molecule has 0 aliphatic carbocycles. The molecule has 30 heavy (non-hydrogen) atoms. The molecule has 3 amide bonds. The van der Waals surface area contributed by atoms with Crippen molar-refractivity contribution in [3.8, 4) is 0 Å². The molecule has 0 aromatic carbocycles. The zero-order valence-electron chi connectivity index (χ0n) is 17.2. The Labute approximate surface area is 181 Å². The molecule has 0 saturated carbocycles. The number of fused-ring (bicyclic) bond motifs is 1. The molecule has 9 heteroatoms. The highest BCUT2D eigenvalue weighted by Gasteiger charge is 2.24. The van der Waals surface area contributed by atoms with E-state index in [4.69, 9.17) is 11.6 Å². The lowest BCUT2D eigenvalue weighted by Gasteiger charge is -2.35. The maximum absolute atomic E-state index is 12.6. The summed E-state index contributed by atoms with van der Waals surface area (Å²) >= 11 is 6.00. The molecule has 4 rings (SSSR count). The van der Waals surface area contributed by atoms with E-state index in [1.54, 1.807) is 17.2 Å². The highest BCUT2D eigenvalue weighted by molar-refractivity contribution is 6.30. The summed E-state index contributed by atoms with van der Waals surface area (Å²) in [6.07, 6.45) is 8.33. The number of hydrogen-bond donors (Lipinski definition) is 1. The van der Waals surface area contributed by atoms with E-state index < -0.39 is 0 Å². The first-order chi connectivity index (χ1) is 14.6. The van der Waals surface area contributed by atoms with Gasteiger partial charge in [-0.1, -0.05) is 24.4 Å². The SMILES string of the molecule is O=C(CN1CCN(C(=O)NCc2cn3cc(Cl)ccc3n2)CC1)N1CCCCCC1. The van der Waals surface area contributed by atoms with Crippen LogP contribution in [0.1, 0.15) is 31.4 Å². The van der Waals surface area contributed by atoms with Gasteiger partial charge in [0.1, 0.15) is 5.65 Å². The highest BCUT2D eigenvalue weighted by Crippen LogP contribution is 2.13. The van der Waals surface area contributed by atoms with Crippen LogP contribution in [0.5, 0.6) is 0 Å². The van der Waals surface area contributed by atoms with Crippen molar-refractivity contribution in [3.05, 3.63) is 35.2 Å². The number of halogens is 1. The molecular formula is C21H29ClN6O2. The van der Waals surface area contributed by atoms with Crippen LogP contribution in [-0.2, 0) is 11.3 Å². The van der Waals surface area contributed by atoms with Crippen molar-refractivity contribution in [2.24, 2.45) is 0 Å². The average molecular weight is 433 g/mol. The van der Waals surface area contributed by atoms with Crippen LogP contribution in [0.2, 0.25) is 5.02 Å². The number of likely N-dealkylation sites (tertiary alicyclic amines) is 1. The first-order valence-electron chi connectivity index (χ1n) is 10.7. The largest absolute Gasteiger partial charge is 0.342 e. The van der Waals surface area contributed by atoms with Gasteiger partial charge in [-0.05, 0) is 25.0 Å². The van der Waals surface area contributed by atoms with Gasteiger partial charge in [0.25, 0.3) is 0 Å². The molecule has 162 valence electrons. The van der Waals surface area contributed by atoms with Crippen LogP contribution < -0.4 is 5.32 Å². The number of nitrogens with one attached hydrogen (secondary N) is 1. The number of imidazole rings is 1. The zero-order chi connectivity index (χ0) is 20.9. The summed E-state index contributed by atoms with van der Waals surface area (Å²) < 4.78 is 1.85. The van der Waals surface area contributed by atoms with E-state index in [1.165, 1.54) is 12.8 Å². The van der Waals surface area contributed by atoms with Crippen LogP contribution in [0.15, 0.2) is 24.5 Å². The van der Waals surface area contributed by atoms with Crippen molar-refractivity contribution in [1.82, 2.24) is 29.4 Å². The fraction of sp³-hybridized carbons (Fsp3) is 0.571. The first kappa shape index (κ1) is 20.9. The van der Waals surface area contributed by atoms with E-state index in [1.807, 2.05) is 21.6 Å². The quantitative estimate of drug-likeness (QED) is 0.804. The fourth-order valence-electron chi connectivity index (χ4n) is 4.10. The summed E-state index contributed by atoms with van der Waals surface area (Å²) in [5, 5.41) is 3.58. The maximum atomic E-state index is 12.6. The predicted molar refractivity (Wildman–Crippen MR) is 115 cm³/mol. The summed E-state index contributed by atoms with van der Waals surface area (Å²) in [5.41, 5.74) is 1.58. The fourth-order valence-corrected chi connectivity index (χ4v) is 4.27. The molecule has 4 heterocycles. The second-order valence-electron chi connectivity index (χ2n) is 8.06. The van der Waals surface area contributed by atoms with Crippen LogP contribution in [0, 0.1) is 0 Å². The summed E-state index contributed by atoms with van der Waals surface area (Å²) in [6, 6.07) is 3.55. The van der Waals surface area contributed by atoms with Gasteiger partial charge in [0.15, 0.2) is 0 Å². The van der Waals surface area contributed by atoms with Crippen molar-refractivity contribution in [1.29, 1.82) is 0 Å². The lowest BCUT2D eigenvalue weighted by molar-refractivity contribution is -0.132. The number of piperazine rings is 1. The summed E-state index contributed by atoms with van der Waals surface area (Å²) in [5.74, 6) is 0.224. The Morgan fingerprint density at radius 1 is 0.933 bits per heavy atom. The monoisotopic (exact) mass is 432 g/mol. The standard InChI is InChI=1S/C21H29ClN6O2/c22-17-5-6-19-24-18(15-28(19)14-17)13-23-21(30)27-11-9-25(10-12-27)16-20(29)26-7-3-1-2-4-8-26/h5-6,14-15H,1-4,7-13,16H2,(H,23,30). The minimum atomic E-state index is -0.0939. The summed E-state index contributed by atoms with van der Waals surface area (Å²) in [4.78, 5) is 35.5. The topological polar surface area (TPSA) is 73.2 Å². The molecule has 2 fully saturated rings. The third-order valence-electron chi connectivity index (χ3n) is 5.86. The second-order valence-corrected chi connectivity index (χ2v) is 8.50. The van der Waals surface area contributed by atoms with E-state index in [9.17, 15) is 9.59 Å². The molecule has 0 bridgehead atoms. The molecule has 8 nitrogen and oxygen atoms in total. The molecule has 0 radical (unpaired) electrons. The minimum Gasteiger partial charge on any atom is -0.342 e. The molecule has 0 atom stereocenters. The van der Waals surface area contributed by atoms with Gasteiger partial charge in [0, 0.05) is 51.7 Å². The molecule has 2 aliphatic rings. The van der Waals surface area contributed by atoms with Gasteiger partial charge in [-0.2, -0.15) is 0 Å². The Morgan fingerprint density at radius 3 is 2.40 bits per heavy atom.